The summed E-state index contributed by atoms with van der Waals surface area (Å²) in [6.45, 7) is 8.79. The van der Waals surface area contributed by atoms with E-state index in [1.165, 1.54) is 18.4 Å². The van der Waals surface area contributed by atoms with Crippen LogP contribution in [0.15, 0.2) is 16.7 Å². The van der Waals surface area contributed by atoms with Crippen LogP contribution in [-0.2, 0) is 0 Å². The number of hydrogen-bond acceptors (Lipinski definition) is 2. The highest BCUT2D eigenvalue weighted by atomic mass is 79.9. The van der Waals surface area contributed by atoms with E-state index in [2.05, 4.69) is 53.9 Å². The monoisotopic (exact) mass is 284 g/mol. The lowest BCUT2D eigenvalue weighted by atomic mass is 9.95. The van der Waals surface area contributed by atoms with E-state index < -0.39 is 0 Å². The van der Waals surface area contributed by atoms with Crippen molar-refractivity contribution >= 4 is 21.7 Å². The van der Waals surface area contributed by atoms with E-state index in [1.54, 1.807) is 0 Å². The van der Waals surface area contributed by atoms with E-state index in [4.69, 9.17) is 0 Å². The molecule has 0 radical (unpaired) electrons. The van der Waals surface area contributed by atoms with Crippen LogP contribution in [0.1, 0.15) is 39.2 Å². The first-order chi connectivity index (χ1) is 7.60. The van der Waals surface area contributed by atoms with Gasteiger partial charge in [0.15, 0.2) is 0 Å². The lowest BCUT2D eigenvalue weighted by molar-refractivity contribution is 0.437. The first kappa shape index (κ1) is 13.5. The molecule has 1 unspecified atom stereocenters. The molecular formula is C13H21BrN2. The van der Waals surface area contributed by atoms with E-state index >= 15 is 0 Å². The third-order valence-corrected chi connectivity index (χ3v) is 4.20. The van der Waals surface area contributed by atoms with Crippen LogP contribution in [-0.4, -0.2) is 11.0 Å². The Kier molecular flexibility index (Phi) is 5.26. The van der Waals surface area contributed by atoms with Crippen molar-refractivity contribution in [3.63, 3.8) is 0 Å². The molecule has 0 saturated heterocycles. The smallest absolute Gasteiger partial charge is 0.140 e. The lowest BCUT2D eigenvalue weighted by Gasteiger charge is -2.23. The summed E-state index contributed by atoms with van der Waals surface area (Å²) in [5.41, 5.74) is 1.22. The van der Waals surface area contributed by atoms with Crippen LogP contribution in [0.3, 0.4) is 0 Å². The third kappa shape index (κ3) is 3.21. The molecule has 1 N–H and O–H groups in total. The highest BCUT2D eigenvalue weighted by Crippen LogP contribution is 2.25. The normalized spacial score (nSPS) is 12.9. The molecule has 0 saturated carbocycles. The molecule has 1 heterocycles. The molecule has 0 amide bonds. The highest BCUT2D eigenvalue weighted by molar-refractivity contribution is 9.10. The van der Waals surface area contributed by atoms with Crippen LogP contribution in [0.5, 0.6) is 0 Å². The van der Waals surface area contributed by atoms with Crippen LogP contribution < -0.4 is 5.32 Å². The Bertz CT molecular complexity index is 335. The van der Waals surface area contributed by atoms with Crippen LogP contribution in [0, 0.1) is 12.8 Å². The molecule has 0 bridgehead atoms. The minimum Gasteiger partial charge on any atom is -0.366 e. The van der Waals surface area contributed by atoms with Crippen molar-refractivity contribution in [2.75, 3.05) is 5.32 Å². The van der Waals surface area contributed by atoms with Gasteiger partial charge in [0.1, 0.15) is 5.82 Å². The zero-order chi connectivity index (χ0) is 12.1. The summed E-state index contributed by atoms with van der Waals surface area (Å²) in [5, 5.41) is 3.49. The van der Waals surface area contributed by atoms with Crippen molar-refractivity contribution in [3.8, 4) is 0 Å². The van der Waals surface area contributed by atoms with Gasteiger partial charge in [0, 0.05) is 12.2 Å². The Morgan fingerprint density at radius 3 is 2.56 bits per heavy atom. The van der Waals surface area contributed by atoms with Gasteiger partial charge in [-0.15, -0.1) is 0 Å². The van der Waals surface area contributed by atoms with Crippen LogP contribution in [0.4, 0.5) is 5.82 Å². The summed E-state index contributed by atoms with van der Waals surface area (Å²) in [7, 11) is 0. The number of nitrogens with one attached hydrogen (secondary N) is 1. The standard InChI is InChI=1S/C13H21BrN2/c1-5-11(6-2)10(4)16-13-12(14)9(3)7-8-15-13/h7-8,10-11H,5-6H2,1-4H3,(H,15,16). The van der Waals surface area contributed by atoms with E-state index in [0.29, 0.717) is 12.0 Å². The molecule has 2 nitrogen and oxygen atoms in total. The molecule has 1 rings (SSSR count). The van der Waals surface area contributed by atoms with E-state index in [0.717, 1.165) is 10.3 Å². The zero-order valence-electron chi connectivity index (χ0n) is 10.5. The maximum absolute atomic E-state index is 4.37. The molecule has 1 aromatic rings. The van der Waals surface area contributed by atoms with Gasteiger partial charge < -0.3 is 5.32 Å². The molecular weight excluding hydrogens is 264 g/mol. The second-order valence-corrected chi connectivity index (χ2v) is 5.09. The number of nitrogens with zero attached hydrogens (tertiary/aromatic N) is 1. The largest absolute Gasteiger partial charge is 0.366 e. The summed E-state index contributed by atoms with van der Waals surface area (Å²) >= 11 is 3.58. The Balaban J connectivity index is 2.76. The average molecular weight is 285 g/mol. The maximum atomic E-state index is 4.37. The van der Waals surface area contributed by atoms with Gasteiger partial charge >= 0.3 is 0 Å². The van der Waals surface area contributed by atoms with Gasteiger partial charge in [-0.1, -0.05) is 26.7 Å². The molecule has 0 aromatic carbocycles. The van der Waals surface area contributed by atoms with Crippen molar-refractivity contribution in [2.45, 2.75) is 46.6 Å². The molecule has 0 aliphatic carbocycles. The summed E-state index contributed by atoms with van der Waals surface area (Å²) in [6, 6.07) is 2.47. The van der Waals surface area contributed by atoms with Crippen molar-refractivity contribution in [1.82, 2.24) is 4.98 Å². The Hall–Kier alpha value is -0.570. The van der Waals surface area contributed by atoms with Crippen LogP contribution in [0.25, 0.3) is 0 Å². The number of aromatic nitrogens is 1. The summed E-state index contributed by atoms with van der Waals surface area (Å²) in [6.07, 6.45) is 4.25. The number of hydrogen-bond donors (Lipinski definition) is 1. The van der Waals surface area contributed by atoms with Gasteiger partial charge in [-0.2, -0.15) is 0 Å². The number of halogens is 1. The van der Waals surface area contributed by atoms with Gasteiger partial charge in [-0.3, -0.25) is 0 Å². The zero-order valence-corrected chi connectivity index (χ0v) is 12.1. The SMILES string of the molecule is CCC(CC)C(C)Nc1nccc(C)c1Br. The van der Waals surface area contributed by atoms with Crippen molar-refractivity contribution in [2.24, 2.45) is 5.92 Å². The molecule has 1 atom stereocenters. The van der Waals surface area contributed by atoms with Gasteiger partial charge in [0.25, 0.3) is 0 Å². The van der Waals surface area contributed by atoms with E-state index in [-0.39, 0.29) is 0 Å². The number of anilines is 1. The molecule has 0 aliphatic rings. The first-order valence-corrected chi connectivity index (χ1v) is 6.77. The molecule has 0 spiro atoms. The Labute approximate surface area is 107 Å². The molecule has 1 aromatic heterocycles. The molecule has 0 aliphatic heterocycles. The van der Waals surface area contributed by atoms with Crippen LogP contribution in [0.2, 0.25) is 0 Å². The third-order valence-electron chi connectivity index (χ3n) is 3.20. The fourth-order valence-electron chi connectivity index (χ4n) is 1.97. The topological polar surface area (TPSA) is 24.9 Å². The van der Waals surface area contributed by atoms with Gasteiger partial charge in [-0.05, 0) is 47.3 Å². The minimum absolute atomic E-state index is 0.459. The van der Waals surface area contributed by atoms with Gasteiger partial charge in [0.05, 0.1) is 4.47 Å². The predicted molar refractivity (Wildman–Crippen MR) is 73.8 cm³/mol. The minimum atomic E-state index is 0.459. The summed E-state index contributed by atoms with van der Waals surface area (Å²) < 4.78 is 1.08. The maximum Gasteiger partial charge on any atom is 0.140 e. The second-order valence-electron chi connectivity index (χ2n) is 4.30. The highest BCUT2D eigenvalue weighted by Gasteiger charge is 2.15. The average Bonchev–Trinajstić information content (AvgIpc) is 2.26. The lowest BCUT2D eigenvalue weighted by Crippen LogP contribution is -2.25. The van der Waals surface area contributed by atoms with Crippen molar-refractivity contribution < 1.29 is 0 Å². The van der Waals surface area contributed by atoms with Crippen molar-refractivity contribution in [3.05, 3.63) is 22.3 Å². The van der Waals surface area contributed by atoms with E-state index in [9.17, 15) is 0 Å². The Morgan fingerprint density at radius 1 is 1.38 bits per heavy atom. The number of aryl methyl sites for hydroxylation is 1. The first-order valence-electron chi connectivity index (χ1n) is 5.97. The van der Waals surface area contributed by atoms with Gasteiger partial charge in [-0.25, -0.2) is 4.98 Å². The molecule has 0 fully saturated rings. The van der Waals surface area contributed by atoms with Gasteiger partial charge in [0.2, 0.25) is 0 Å². The van der Waals surface area contributed by atoms with E-state index in [1.807, 2.05) is 12.3 Å². The predicted octanol–water partition coefficient (Wildman–Crippen LogP) is 4.39. The summed E-state index contributed by atoms with van der Waals surface area (Å²) in [4.78, 5) is 4.37. The molecule has 3 heteroatoms. The quantitative estimate of drug-likeness (QED) is 0.868. The molecule has 16 heavy (non-hydrogen) atoms. The number of rotatable bonds is 5. The number of pyridine rings is 1. The second kappa shape index (κ2) is 6.24. The molecule has 90 valence electrons. The van der Waals surface area contributed by atoms with Crippen molar-refractivity contribution in [1.29, 1.82) is 0 Å². The fourth-order valence-corrected chi connectivity index (χ4v) is 2.32. The summed E-state index contributed by atoms with van der Waals surface area (Å²) in [5.74, 6) is 1.66. The fraction of sp³-hybridized carbons (Fsp3) is 0.615. The van der Waals surface area contributed by atoms with Crippen LogP contribution >= 0.6 is 15.9 Å². The Morgan fingerprint density at radius 2 is 2.00 bits per heavy atom.